The van der Waals surface area contributed by atoms with Crippen LogP contribution in [0.5, 0.6) is 0 Å². The van der Waals surface area contributed by atoms with Gasteiger partial charge in [-0.1, -0.05) is 50.1 Å². The Kier molecular flexibility index (Phi) is 7.53. The van der Waals surface area contributed by atoms with Gasteiger partial charge in [0.2, 0.25) is 0 Å². The lowest BCUT2D eigenvalue weighted by Crippen LogP contribution is -2.54. The molecule has 152 valence electrons. The minimum Gasteiger partial charge on any atom is -0.375 e. The summed E-state index contributed by atoms with van der Waals surface area (Å²) in [5.74, 6) is 6.12. The summed E-state index contributed by atoms with van der Waals surface area (Å²) in [6.07, 6.45) is 7.70. The minimum atomic E-state index is -1.41. The number of carbonyl (C=O) groups excluding carboxylic acids is 1. The Bertz CT molecular complexity index is 680. The SMILES string of the molecule is CCC#CCCN1CCC(NC(=O)C(O)(c2ccccc2)C2CCCC2)CC1. The molecule has 1 atom stereocenters. The highest BCUT2D eigenvalue weighted by atomic mass is 16.3. The average molecular weight is 383 g/mol. The summed E-state index contributed by atoms with van der Waals surface area (Å²) >= 11 is 0. The molecular weight excluding hydrogens is 348 g/mol. The van der Waals surface area contributed by atoms with Crippen LogP contribution < -0.4 is 5.32 Å². The van der Waals surface area contributed by atoms with Crippen molar-refractivity contribution in [3.8, 4) is 11.8 Å². The van der Waals surface area contributed by atoms with E-state index in [1.165, 1.54) is 0 Å². The van der Waals surface area contributed by atoms with Gasteiger partial charge >= 0.3 is 0 Å². The van der Waals surface area contributed by atoms with E-state index in [-0.39, 0.29) is 17.9 Å². The maximum atomic E-state index is 13.3. The number of piperidine rings is 1. The monoisotopic (exact) mass is 382 g/mol. The van der Waals surface area contributed by atoms with Crippen molar-refractivity contribution in [1.82, 2.24) is 10.2 Å². The molecule has 1 aliphatic carbocycles. The molecule has 0 spiro atoms. The van der Waals surface area contributed by atoms with Gasteiger partial charge in [0.1, 0.15) is 0 Å². The van der Waals surface area contributed by atoms with Gasteiger partial charge in [0.15, 0.2) is 5.60 Å². The molecule has 4 heteroatoms. The Morgan fingerprint density at radius 1 is 1.14 bits per heavy atom. The van der Waals surface area contributed by atoms with Crippen molar-refractivity contribution in [3.05, 3.63) is 35.9 Å². The Hall–Kier alpha value is -1.83. The van der Waals surface area contributed by atoms with E-state index in [4.69, 9.17) is 0 Å². The van der Waals surface area contributed by atoms with Crippen LogP contribution >= 0.6 is 0 Å². The number of hydrogen-bond acceptors (Lipinski definition) is 3. The lowest BCUT2D eigenvalue weighted by Gasteiger charge is -2.37. The fourth-order valence-electron chi connectivity index (χ4n) is 4.61. The van der Waals surface area contributed by atoms with Crippen LogP contribution in [-0.4, -0.2) is 41.6 Å². The molecule has 3 rings (SSSR count). The van der Waals surface area contributed by atoms with Crippen molar-refractivity contribution < 1.29 is 9.90 Å². The van der Waals surface area contributed by atoms with Crippen LogP contribution in [0.3, 0.4) is 0 Å². The van der Waals surface area contributed by atoms with Crippen LogP contribution in [0.15, 0.2) is 30.3 Å². The van der Waals surface area contributed by atoms with Crippen molar-refractivity contribution in [2.24, 2.45) is 5.92 Å². The first-order valence-corrected chi connectivity index (χ1v) is 10.9. The van der Waals surface area contributed by atoms with Gasteiger partial charge in [0.25, 0.3) is 5.91 Å². The van der Waals surface area contributed by atoms with Gasteiger partial charge < -0.3 is 15.3 Å². The van der Waals surface area contributed by atoms with Crippen molar-refractivity contribution in [2.75, 3.05) is 19.6 Å². The molecule has 4 nitrogen and oxygen atoms in total. The smallest absolute Gasteiger partial charge is 0.257 e. The number of rotatable bonds is 6. The molecule has 1 unspecified atom stereocenters. The van der Waals surface area contributed by atoms with Gasteiger partial charge in [-0.25, -0.2) is 0 Å². The predicted molar refractivity (Wildman–Crippen MR) is 113 cm³/mol. The summed E-state index contributed by atoms with van der Waals surface area (Å²) < 4.78 is 0. The Labute approximate surface area is 169 Å². The first-order valence-electron chi connectivity index (χ1n) is 10.9. The molecule has 1 aromatic rings. The molecule has 2 fully saturated rings. The van der Waals surface area contributed by atoms with Crippen molar-refractivity contribution in [1.29, 1.82) is 0 Å². The molecule has 1 amide bonds. The fraction of sp³-hybridized carbons (Fsp3) is 0.625. The summed E-state index contributed by atoms with van der Waals surface area (Å²) in [7, 11) is 0. The highest BCUT2D eigenvalue weighted by molar-refractivity contribution is 5.87. The van der Waals surface area contributed by atoms with Gasteiger partial charge in [0.05, 0.1) is 0 Å². The molecule has 0 aromatic heterocycles. The van der Waals surface area contributed by atoms with Crippen molar-refractivity contribution in [3.63, 3.8) is 0 Å². The number of likely N-dealkylation sites (tertiary alicyclic amines) is 1. The third kappa shape index (κ3) is 4.96. The van der Waals surface area contributed by atoms with Crippen LogP contribution in [-0.2, 0) is 10.4 Å². The largest absolute Gasteiger partial charge is 0.375 e. The zero-order valence-corrected chi connectivity index (χ0v) is 17.1. The third-order valence-corrected chi connectivity index (χ3v) is 6.28. The van der Waals surface area contributed by atoms with E-state index in [0.717, 1.165) is 76.6 Å². The molecule has 2 N–H and O–H groups in total. The summed E-state index contributed by atoms with van der Waals surface area (Å²) in [5.41, 5.74) is -0.684. The number of hydrogen-bond donors (Lipinski definition) is 2. The number of nitrogens with zero attached hydrogens (tertiary/aromatic N) is 1. The first-order chi connectivity index (χ1) is 13.6. The second-order valence-electron chi connectivity index (χ2n) is 8.16. The standard InChI is InChI=1S/C24H34N2O2/c1-2-3-4-10-17-26-18-15-22(16-19-26)25-23(27)24(28,21-13-8-9-14-21)20-11-6-5-7-12-20/h5-7,11-12,21-22,28H,2,8-10,13-19H2,1H3,(H,25,27). The lowest BCUT2D eigenvalue weighted by molar-refractivity contribution is -0.148. The first kappa shape index (κ1) is 20.9. The van der Waals surface area contributed by atoms with Gasteiger partial charge in [-0.05, 0) is 31.2 Å². The Morgan fingerprint density at radius 2 is 1.82 bits per heavy atom. The van der Waals surface area contributed by atoms with Crippen molar-refractivity contribution in [2.45, 2.75) is 69.9 Å². The van der Waals surface area contributed by atoms with E-state index in [1.54, 1.807) is 0 Å². The van der Waals surface area contributed by atoms with E-state index in [1.807, 2.05) is 30.3 Å². The summed E-state index contributed by atoms with van der Waals surface area (Å²) in [6, 6.07) is 9.65. The van der Waals surface area contributed by atoms with E-state index in [2.05, 4.69) is 29.0 Å². The van der Waals surface area contributed by atoms with Crippen LogP contribution in [0.25, 0.3) is 0 Å². The number of benzene rings is 1. The number of carbonyl (C=O) groups is 1. The van der Waals surface area contributed by atoms with Crippen LogP contribution in [0.1, 0.15) is 63.9 Å². The predicted octanol–water partition coefficient (Wildman–Crippen LogP) is 3.45. The zero-order valence-electron chi connectivity index (χ0n) is 17.1. The second kappa shape index (κ2) is 10.1. The van der Waals surface area contributed by atoms with E-state index in [0.29, 0.717) is 0 Å². The maximum Gasteiger partial charge on any atom is 0.257 e. The van der Waals surface area contributed by atoms with Gasteiger partial charge in [0, 0.05) is 44.4 Å². The van der Waals surface area contributed by atoms with E-state index >= 15 is 0 Å². The molecule has 1 saturated heterocycles. The third-order valence-electron chi connectivity index (χ3n) is 6.28. The lowest BCUT2D eigenvalue weighted by atomic mass is 9.79. The van der Waals surface area contributed by atoms with E-state index < -0.39 is 5.60 Å². The summed E-state index contributed by atoms with van der Waals surface area (Å²) in [6.45, 7) is 5.03. The molecule has 1 aromatic carbocycles. The fourth-order valence-corrected chi connectivity index (χ4v) is 4.61. The van der Waals surface area contributed by atoms with Gasteiger partial charge in [-0.3, -0.25) is 4.79 Å². The second-order valence-corrected chi connectivity index (χ2v) is 8.16. The Balaban J connectivity index is 1.59. The molecular formula is C24H34N2O2. The average Bonchev–Trinajstić information content (AvgIpc) is 3.28. The minimum absolute atomic E-state index is 0.00660. The highest BCUT2D eigenvalue weighted by Gasteiger charge is 2.46. The summed E-state index contributed by atoms with van der Waals surface area (Å²) in [5, 5.41) is 14.8. The van der Waals surface area contributed by atoms with Crippen LogP contribution in [0, 0.1) is 17.8 Å². The molecule has 1 heterocycles. The van der Waals surface area contributed by atoms with Crippen LogP contribution in [0.2, 0.25) is 0 Å². The molecule has 0 radical (unpaired) electrons. The molecule has 2 aliphatic rings. The van der Waals surface area contributed by atoms with Crippen molar-refractivity contribution >= 4 is 5.91 Å². The molecule has 1 aliphatic heterocycles. The summed E-state index contributed by atoms with van der Waals surface area (Å²) in [4.78, 5) is 15.7. The van der Waals surface area contributed by atoms with Crippen LogP contribution in [0.4, 0.5) is 0 Å². The van der Waals surface area contributed by atoms with Gasteiger partial charge in [-0.15, -0.1) is 11.8 Å². The molecule has 28 heavy (non-hydrogen) atoms. The zero-order chi connectivity index (χ0) is 19.8. The van der Waals surface area contributed by atoms with E-state index in [9.17, 15) is 9.90 Å². The topological polar surface area (TPSA) is 52.6 Å². The number of nitrogens with one attached hydrogen (secondary N) is 1. The maximum absolute atomic E-state index is 13.3. The quantitative estimate of drug-likeness (QED) is 0.741. The normalized spacial score (nSPS) is 20.9. The number of amides is 1. The highest BCUT2D eigenvalue weighted by Crippen LogP contribution is 2.41. The molecule has 0 bridgehead atoms. The van der Waals surface area contributed by atoms with Gasteiger partial charge in [-0.2, -0.15) is 0 Å². The number of aliphatic hydroxyl groups is 1. The molecule has 1 saturated carbocycles. The Morgan fingerprint density at radius 3 is 2.46 bits per heavy atom.